The number of hydrogen-bond acceptors (Lipinski definition) is 8. The highest BCUT2D eigenvalue weighted by Crippen LogP contribution is 2.07. The van der Waals surface area contributed by atoms with Gasteiger partial charge in [-0.1, -0.05) is 12.1 Å². The Morgan fingerprint density at radius 1 is 1.32 bits per heavy atom. The van der Waals surface area contributed by atoms with Gasteiger partial charge in [0.2, 0.25) is 5.82 Å². The van der Waals surface area contributed by atoms with Crippen LogP contribution in [0.4, 0.5) is 5.82 Å². The number of aromatic nitrogens is 2. The zero-order valence-corrected chi connectivity index (χ0v) is 11.4. The molecule has 118 valence electrons. The summed E-state index contributed by atoms with van der Waals surface area (Å²) < 4.78 is 0. The minimum absolute atomic E-state index is 0.0839. The summed E-state index contributed by atoms with van der Waals surface area (Å²) >= 11 is 0. The first-order valence-corrected chi connectivity index (χ1v) is 6.46. The summed E-state index contributed by atoms with van der Waals surface area (Å²) in [5.74, 6) is -0.0839. The van der Waals surface area contributed by atoms with E-state index in [1.54, 1.807) is 24.3 Å². The predicted molar refractivity (Wildman–Crippen MR) is 79.6 cm³/mol. The smallest absolute Gasteiger partial charge is 0.293 e. The summed E-state index contributed by atoms with van der Waals surface area (Å²) in [4.78, 5) is 18.4. The fraction of sp³-hybridized carbons (Fsp3) is 0.308. The highest BCUT2D eigenvalue weighted by molar-refractivity contribution is 5.75. The first-order chi connectivity index (χ1) is 10.5. The van der Waals surface area contributed by atoms with Gasteiger partial charge in [-0.05, 0) is 12.1 Å². The predicted octanol–water partition coefficient (Wildman–Crippen LogP) is -1.60. The number of aromatic amines is 1. The van der Waals surface area contributed by atoms with Crippen LogP contribution in [0.1, 0.15) is 0 Å². The van der Waals surface area contributed by atoms with E-state index in [0.717, 1.165) is 6.21 Å². The zero-order valence-electron chi connectivity index (χ0n) is 11.4. The topological polar surface area (TPSA) is 151 Å². The molecule has 3 atom stereocenters. The molecular weight excluding hydrogens is 292 g/mol. The molecule has 0 aliphatic carbocycles. The van der Waals surface area contributed by atoms with E-state index in [2.05, 4.69) is 20.5 Å². The van der Waals surface area contributed by atoms with Crippen LogP contribution in [0, 0.1) is 0 Å². The molecule has 1 heterocycles. The van der Waals surface area contributed by atoms with Gasteiger partial charge in [-0.25, -0.2) is 4.98 Å². The number of benzene rings is 1. The van der Waals surface area contributed by atoms with Gasteiger partial charge >= 0.3 is 0 Å². The minimum atomic E-state index is -1.60. The van der Waals surface area contributed by atoms with Crippen molar-refractivity contribution < 1.29 is 20.4 Å². The van der Waals surface area contributed by atoms with Crippen molar-refractivity contribution in [3.05, 3.63) is 34.6 Å². The van der Waals surface area contributed by atoms with Crippen molar-refractivity contribution >= 4 is 23.1 Å². The molecular formula is C13H16N4O5. The summed E-state index contributed by atoms with van der Waals surface area (Å²) in [5, 5.41) is 40.3. The van der Waals surface area contributed by atoms with Crippen LogP contribution in [0.25, 0.3) is 11.0 Å². The van der Waals surface area contributed by atoms with E-state index in [1.807, 2.05) is 0 Å². The number of nitrogens with zero attached hydrogens (tertiary/aromatic N) is 2. The molecule has 9 heteroatoms. The lowest BCUT2D eigenvalue weighted by Gasteiger charge is -2.17. The number of fused-ring (bicyclic) bond motifs is 1. The van der Waals surface area contributed by atoms with Gasteiger partial charge in [0.15, 0.2) is 0 Å². The molecule has 0 fully saturated rings. The summed E-state index contributed by atoms with van der Waals surface area (Å²) in [5.41, 5.74) is 2.97. The fourth-order valence-electron chi connectivity index (χ4n) is 1.70. The van der Waals surface area contributed by atoms with E-state index in [0.29, 0.717) is 11.0 Å². The summed E-state index contributed by atoms with van der Waals surface area (Å²) in [6, 6.07) is 6.93. The van der Waals surface area contributed by atoms with E-state index in [9.17, 15) is 15.0 Å². The molecule has 22 heavy (non-hydrogen) atoms. The van der Waals surface area contributed by atoms with Gasteiger partial charge in [0, 0.05) is 0 Å². The number of para-hydroxylation sites is 2. The first kappa shape index (κ1) is 16.0. The van der Waals surface area contributed by atoms with Crippen molar-refractivity contribution in [1.82, 2.24) is 9.97 Å². The third kappa shape index (κ3) is 3.65. The van der Waals surface area contributed by atoms with Crippen LogP contribution in [0.2, 0.25) is 0 Å². The van der Waals surface area contributed by atoms with Crippen molar-refractivity contribution in [2.45, 2.75) is 18.3 Å². The Hall–Kier alpha value is -2.33. The Bertz CT molecular complexity index is 717. The van der Waals surface area contributed by atoms with Gasteiger partial charge in [-0.3, -0.25) is 10.2 Å². The van der Waals surface area contributed by atoms with E-state index in [1.165, 1.54) is 0 Å². The van der Waals surface area contributed by atoms with Crippen LogP contribution in [-0.4, -0.2) is 61.5 Å². The Kier molecular flexibility index (Phi) is 5.17. The number of aliphatic hydroxyl groups is 4. The molecule has 1 aromatic heterocycles. The number of anilines is 1. The highest BCUT2D eigenvalue weighted by Gasteiger charge is 2.22. The summed E-state index contributed by atoms with van der Waals surface area (Å²) in [6.45, 7) is -0.703. The van der Waals surface area contributed by atoms with Crippen LogP contribution in [0.15, 0.2) is 34.2 Å². The second-order valence-corrected chi connectivity index (χ2v) is 4.55. The van der Waals surface area contributed by atoms with Crippen molar-refractivity contribution in [3.63, 3.8) is 0 Å². The van der Waals surface area contributed by atoms with Crippen molar-refractivity contribution in [3.8, 4) is 0 Å². The molecule has 3 unspecified atom stereocenters. The number of rotatable bonds is 6. The Morgan fingerprint density at radius 2 is 2.05 bits per heavy atom. The van der Waals surface area contributed by atoms with Gasteiger partial charge in [-0.15, -0.1) is 0 Å². The van der Waals surface area contributed by atoms with Gasteiger partial charge in [0.25, 0.3) is 5.56 Å². The molecule has 0 radical (unpaired) electrons. The molecule has 6 N–H and O–H groups in total. The van der Waals surface area contributed by atoms with Crippen LogP contribution in [0.3, 0.4) is 0 Å². The molecule has 2 rings (SSSR count). The summed E-state index contributed by atoms with van der Waals surface area (Å²) in [7, 11) is 0. The maximum atomic E-state index is 11.8. The van der Waals surface area contributed by atoms with Gasteiger partial charge in [0.05, 0.1) is 23.9 Å². The maximum absolute atomic E-state index is 11.8. The van der Waals surface area contributed by atoms with Crippen molar-refractivity contribution in [1.29, 1.82) is 0 Å². The monoisotopic (exact) mass is 308 g/mol. The van der Waals surface area contributed by atoms with Gasteiger partial charge < -0.3 is 25.4 Å². The normalized spacial score (nSPS) is 15.8. The summed E-state index contributed by atoms with van der Waals surface area (Å²) in [6.07, 6.45) is -3.73. The van der Waals surface area contributed by atoms with Gasteiger partial charge in [-0.2, -0.15) is 5.10 Å². The molecule has 0 aliphatic rings. The van der Waals surface area contributed by atoms with E-state index in [-0.39, 0.29) is 5.82 Å². The quantitative estimate of drug-likeness (QED) is 0.277. The average molecular weight is 308 g/mol. The van der Waals surface area contributed by atoms with Crippen molar-refractivity contribution in [2.24, 2.45) is 5.10 Å². The molecule has 0 amide bonds. The van der Waals surface area contributed by atoms with Crippen molar-refractivity contribution in [2.75, 3.05) is 12.0 Å². The second kappa shape index (κ2) is 7.09. The third-order valence-corrected chi connectivity index (χ3v) is 2.93. The molecule has 2 aromatic rings. The molecule has 1 aromatic carbocycles. The van der Waals surface area contributed by atoms with Gasteiger partial charge in [0.1, 0.15) is 18.3 Å². The second-order valence-electron chi connectivity index (χ2n) is 4.55. The largest absolute Gasteiger partial charge is 0.394 e. The molecule has 9 nitrogen and oxygen atoms in total. The SMILES string of the molecule is O=c1[nH]c2ccccc2nc1NN=CC(O)C(O)C(O)CO. The molecule has 0 saturated carbocycles. The number of aliphatic hydroxyl groups excluding tert-OH is 4. The average Bonchev–Trinajstić information content (AvgIpc) is 2.53. The lowest BCUT2D eigenvalue weighted by atomic mass is 10.1. The molecule has 0 saturated heterocycles. The van der Waals surface area contributed by atoms with Crippen LogP contribution >= 0.6 is 0 Å². The van der Waals surface area contributed by atoms with E-state index in [4.69, 9.17) is 10.2 Å². The number of hydrogen-bond donors (Lipinski definition) is 6. The number of hydrazone groups is 1. The number of nitrogens with one attached hydrogen (secondary N) is 2. The Balaban J connectivity index is 2.09. The zero-order chi connectivity index (χ0) is 16.1. The Labute approximate surface area is 124 Å². The molecule has 0 spiro atoms. The van der Waals surface area contributed by atoms with Crippen LogP contribution in [-0.2, 0) is 0 Å². The standard InChI is InChI=1S/C13H16N4O5/c18-6-10(20)11(21)9(19)5-14-17-12-13(22)16-8-4-2-1-3-7(8)15-12/h1-5,9-11,18-21H,6H2,(H,15,17)(H,16,22). The first-order valence-electron chi connectivity index (χ1n) is 6.46. The Morgan fingerprint density at radius 3 is 2.77 bits per heavy atom. The van der Waals surface area contributed by atoms with E-state index < -0.39 is 30.5 Å². The maximum Gasteiger partial charge on any atom is 0.293 e. The molecule has 0 bridgehead atoms. The number of H-pyrrole nitrogens is 1. The lowest BCUT2D eigenvalue weighted by molar-refractivity contribution is -0.0541. The fourth-order valence-corrected chi connectivity index (χ4v) is 1.70. The third-order valence-electron chi connectivity index (χ3n) is 2.93. The minimum Gasteiger partial charge on any atom is -0.394 e. The van der Waals surface area contributed by atoms with Crippen LogP contribution < -0.4 is 11.0 Å². The molecule has 0 aliphatic heterocycles. The lowest BCUT2D eigenvalue weighted by Crippen LogP contribution is -2.40. The van der Waals surface area contributed by atoms with E-state index >= 15 is 0 Å². The van der Waals surface area contributed by atoms with Crippen LogP contribution in [0.5, 0.6) is 0 Å². The highest BCUT2D eigenvalue weighted by atomic mass is 16.4.